The number of hydrogen-bond acceptors (Lipinski definition) is 7. The molecule has 226 valence electrons. The van der Waals surface area contributed by atoms with Gasteiger partial charge >= 0.3 is 0 Å². The Bertz CT molecular complexity index is 1430. The molecule has 3 aromatic heterocycles. The molecule has 0 fully saturated rings. The lowest BCUT2D eigenvalue weighted by atomic mass is 9.92. The SMILES string of the molecule is C/C=C(\C=C/C(CC(C)CC)=C(C)CC)C(C)(C)O.Cc1cc(-c2cc(C)ncc2C(=O)Nc2nnc(C)s2)ccn1. The van der Waals surface area contributed by atoms with Crippen LogP contribution in [0.5, 0.6) is 0 Å². The van der Waals surface area contributed by atoms with E-state index in [2.05, 4.69) is 65.3 Å². The van der Waals surface area contributed by atoms with Gasteiger partial charge in [-0.2, -0.15) is 0 Å². The van der Waals surface area contributed by atoms with Crippen LogP contribution in [0.2, 0.25) is 0 Å². The normalized spacial score (nSPS) is 13.4. The van der Waals surface area contributed by atoms with Gasteiger partial charge in [0.1, 0.15) is 5.01 Å². The van der Waals surface area contributed by atoms with Gasteiger partial charge < -0.3 is 5.11 Å². The number of hydrogen-bond donors (Lipinski definition) is 2. The molecule has 0 aliphatic heterocycles. The molecule has 7 nitrogen and oxygen atoms in total. The fourth-order valence-corrected chi connectivity index (χ4v) is 4.77. The summed E-state index contributed by atoms with van der Waals surface area (Å²) in [6, 6.07) is 5.73. The molecule has 0 aromatic carbocycles. The first kappa shape index (κ1) is 34.7. The van der Waals surface area contributed by atoms with E-state index in [-0.39, 0.29) is 5.91 Å². The first-order valence-electron chi connectivity index (χ1n) is 14.6. The summed E-state index contributed by atoms with van der Waals surface area (Å²) in [4.78, 5) is 21.0. The van der Waals surface area contributed by atoms with Crippen molar-refractivity contribution in [3.8, 4) is 11.1 Å². The van der Waals surface area contributed by atoms with Crippen LogP contribution < -0.4 is 5.32 Å². The van der Waals surface area contributed by atoms with Crippen molar-refractivity contribution in [3.63, 3.8) is 0 Å². The molecule has 0 aliphatic carbocycles. The predicted molar refractivity (Wildman–Crippen MR) is 176 cm³/mol. The first-order chi connectivity index (χ1) is 19.8. The Balaban J connectivity index is 0.000000301. The van der Waals surface area contributed by atoms with Gasteiger partial charge in [-0.25, -0.2) is 0 Å². The van der Waals surface area contributed by atoms with Gasteiger partial charge in [-0.05, 0) is 108 Å². The number of rotatable bonds is 10. The average molecular weight is 590 g/mol. The van der Waals surface area contributed by atoms with Crippen molar-refractivity contribution in [1.29, 1.82) is 0 Å². The van der Waals surface area contributed by atoms with Gasteiger partial charge in [0.15, 0.2) is 0 Å². The second-order valence-electron chi connectivity index (χ2n) is 11.2. The van der Waals surface area contributed by atoms with E-state index in [1.807, 2.05) is 65.8 Å². The van der Waals surface area contributed by atoms with Gasteiger partial charge in [0.25, 0.3) is 5.91 Å². The second-order valence-corrected chi connectivity index (χ2v) is 12.3. The monoisotopic (exact) mass is 589 g/mol. The molecule has 42 heavy (non-hydrogen) atoms. The van der Waals surface area contributed by atoms with Crippen LogP contribution in [0.4, 0.5) is 5.13 Å². The number of nitrogens with one attached hydrogen (secondary N) is 1. The third-order valence-corrected chi connectivity index (χ3v) is 7.82. The van der Waals surface area contributed by atoms with Crippen LogP contribution in [-0.4, -0.2) is 36.8 Å². The Morgan fingerprint density at radius 2 is 1.79 bits per heavy atom. The van der Waals surface area contributed by atoms with Crippen molar-refractivity contribution < 1.29 is 9.90 Å². The van der Waals surface area contributed by atoms with Gasteiger partial charge in [0.2, 0.25) is 5.13 Å². The van der Waals surface area contributed by atoms with Crippen molar-refractivity contribution in [3.05, 3.63) is 87.5 Å². The molecule has 2 N–H and O–H groups in total. The summed E-state index contributed by atoms with van der Waals surface area (Å²) in [7, 11) is 0. The van der Waals surface area contributed by atoms with E-state index in [0.717, 1.165) is 45.9 Å². The standard InChI is InChI=1S/C18H32O.C16H15N5OS/c1-8-14(4)13-16(15(5)9-2)11-12-17(10-3)18(6,7)19;1-9-6-12(4-5-17-9)13-7-10(2)18-8-14(13)15(22)19-16-21-20-11(3)23-16/h10-12,14,19H,8-9,13H2,1-7H3;4-8H,1-3H3,(H,19,21,22)/b12-11-,16-15?,17-10+;. The van der Waals surface area contributed by atoms with Gasteiger partial charge in [-0.15, -0.1) is 10.2 Å². The highest BCUT2D eigenvalue weighted by Crippen LogP contribution is 2.26. The minimum absolute atomic E-state index is 0.252. The van der Waals surface area contributed by atoms with Crippen molar-refractivity contribution in [2.45, 2.75) is 94.1 Å². The third kappa shape index (κ3) is 10.7. The van der Waals surface area contributed by atoms with Crippen LogP contribution in [0.15, 0.2) is 65.5 Å². The topological polar surface area (TPSA) is 101 Å². The molecular weight excluding hydrogens is 542 g/mol. The number of allylic oxidation sites excluding steroid dienone is 4. The summed E-state index contributed by atoms with van der Waals surface area (Å²) in [5.74, 6) is 0.454. The smallest absolute Gasteiger partial charge is 0.259 e. The fourth-order valence-electron chi connectivity index (χ4n) is 4.18. The Kier molecular flexibility index (Phi) is 13.4. The van der Waals surface area contributed by atoms with Crippen molar-refractivity contribution in [1.82, 2.24) is 20.2 Å². The van der Waals surface area contributed by atoms with E-state index in [1.165, 1.54) is 28.9 Å². The summed E-state index contributed by atoms with van der Waals surface area (Å²) in [6.45, 7) is 20.2. The Morgan fingerprint density at radius 3 is 2.33 bits per heavy atom. The number of aryl methyl sites for hydroxylation is 3. The molecule has 3 heterocycles. The molecular formula is C34H47N5O2S. The van der Waals surface area contributed by atoms with Crippen LogP contribution in [0.25, 0.3) is 11.1 Å². The maximum atomic E-state index is 12.6. The summed E-state index contributed by atoms with van der Waals surface area (Å²) < 4.78 is 0. The lowest BCUT2D eigenvalue weighted by Gasteiger charge is -2.19. The molecule has 0 aliphatic rings. The Labute approximate surface area is 256 Å². The Morgan fingerprint density at radius 1 is 1.10 bits per heavy atom. The number of nitrogens with zero attached hydrogens (tertiary/aromatic N) is 4. The van der Waals surface area contributed by atoms with E-state index in [4.69, 9.17) is 0 Å². The first-order valence-corrected chi connectivity index (χ1v) is 15.4. The largest absolute Gasteiger partial charge is 0.386 e. The van der Waals surface area contributed by atoms with E-state index < -0.39 is 5.60 Å². The number of amides is 1. The Hall–Kier alpha value is -3.49. The number of aliphatic hydroxyl groups is 1. The molecule has 3 rings (SSSR count). The van der Waals surface area contributed by atoms with Gasteiger partial charge in [-0.1, -0.05) is 62.3 Å². The van der Waals surface area contributed by atoms with Crippen molar-refractivity contribution >= 4 is 22.4 Å². The third-order valence-electron chi connectivity index (χ3n) is 7.06. The molecule has 0 spiro atoms. The van der Waals surface area contributed by atoms with Gasteiger partial charge in [-0.3, -0.25) is 20.1 Å². The van der Waals surface area contributed by atoms with Crippen molar-refractivity contribution in [2.24, 2.45) is 5.92 Å². The highest BCUT2D eigenvalue weighted by atomic mass is 32.1. The van der Waals surface area contributed by atoms with Crippen LogP contribution >= 0.6 is 11.3 Å². The van der Waals surface area contributed by atoms with E-state index >= 15 is 0 Å². The van der Waals surface area contributed by atoms with Gasteiger partial charge in [0.05, 0.1) is 11.2 Å². The number of aromatic nitrogens is 4. The molecule has 0 radical (unpaired) electrons. The second kappa shape index (κ2) is 16.2. The van der Waals surface area contributed by atoms with Crippen molar-refractivity contribution in [2.75, 3.05) is 5.32 Å². The predicted octanol–water partition coefficient (Wildman–Crippen LogP) is 8.60. The minimum Gasteiger partial charge on any atom is -0.386 e. The quantitative estimate of drug-likeness (QED) is 0.230. The minimum atomic E-state index is -0.771. The molecule has 0 saturated heterocycles. The lowest BCUT2D eigenvalue weighted by molar-refractivity contribution is 0.102. The molecule has 1 amide bonds. The number of carbonyl (C=O) groups excluding carboxylic acids is 1. The van der Waals surface area contributed by atoms with Crippen LogP contribution in [0.3, 0.4) is 0 Å². The molecule has 1 atom stereocenters. The highest BCUT2D eigenvalue weighted by Gasteiger charge is 2.17. The molecule has 1 unspecified atom stereocenters. The zero-order valence-corrected chi connectivity index (χ0v) is 27.7. The summed E-state index contributed by atoms with van der Waals surface area (Å²) in [5.41, 5.74) is 7.05. The lowest BCUT2D eigenvalue weighted by Crippen LogP contribution is -2.20. The number of anilines is 1. The molecule has 0 saturated carbocycles. The van der Waals surface area contributed by atoms with Gasteiger partial charge in [0, 0.05) is 23.8 Å². The highest BCUT2D eigenvalue weighted by molar-refractivity contribution is 7.15. The maximum absolute atomic E-state index is 12.6. The van der Waals surface area contributed by atoms with E-state index in [9.17, 15) is 9.90 Å². The summed E-state index contributed by atoms with van der Waals surface area (Å²) in [6.07, 6.45) is 13.0. The van der Waals surface area contributed by atoms with Crippen LogP contribution in [-0.2, 0) is 0 Å². The average Bonchev–Trinajstić information content (AvgIpc) is 3.35. The zero-order chi connectivity index (χ0) is 31.4. The zero-order valence-electron chi connectivity index (χ0n) is 26.9. The molecule has 3 aromatic rings. The van der Waals surface area contributed by atoms with E-state index in [1.54, 1.807) is 12.4 Å². The maximum Gasteiger partial charge on any atom is 0.259 e. The molecule has 8 heteroatoms. The fraction of sp³-hybridized carbons (Fsp3) is 0.441. The number of pyridine rings is 2. The number of carbonyl (C=O) groups is 1. The summed E-state index contributed by atoms with van der Waals surface area (Å²) >= 11 is 1.33. The van der Waals surface area contributed by atoms with E-state index in [0.29, 0.717) is 16.6 Å². The van der Waals surface area contributed by atoms with Crippen LogP contribution in [0, 0.1) is 26.7 Å². The summed E-state index contributed by atoms with van der Waals surface area (Å²) in [5, 5.41) is 21.9. The van der Waals surface area contributed by atoms with Crippen LogP contribution in [0.1, 0.15) is 94.5 Å². The molecule has 0 bridgehead atoms.